The predicted molar refractivity (Wildman–Crippen MR) is 65.7 cm³/mol. The Bertz CT molecular complexity index is 780. The molecule has 1 aromatic heterocycles. The van der Waals surface area contributed by atoms with Gasteiger partial charge in [0.15, 0.2) is 0 Å². The molecule has 3 aromatic rings. The fourth-order valence-corrected chi connectivity index (χ4v) is 1.76. The van der Waals surface area contributed by atoms with Crippen LogP contribution in [0.15, 0.2) is 57.7 Å². The summed E-state index contributed by atoms with van der Waals surface area (Å²) in [4.78, 5) is 15.6. The van der Waals surface area contributed by atoms with E-state index >= 15 is 0 Å². The summed E-state index contributed by atoms with van der Waals surface area (Å²) in [6, 6.07) is 12.8. The summed E-state index contributed by atoms with van der Waals surface area (Å²) >= 11 is 0. The van der Waals surface area contributed by atoms with Crippen molar-refractivity contribution in [1.29, 1.82) is 0 Å². The summed E-state index contributed by atoms with van der Waals surface area (Å²) in [5.74, 6) is -0.472. The fraction of sp³-hybridized carbons (Fsp3) is 0. The van der Waals surface area contributed by atoms with Crippen LogP contribution in [-0.2, 0) is 0 Å². The van der Waals surface area contributed by atoms with Crippen molar-refractivity contribution in [3.63, 3.8) is 0 Å². The molecule has 0 radical (unpaired) electrons. The fourth-order valence-electron chi connectivity index (χ4n) is 1.76. The highest BCUT2D eigenvalue weighted by atomic mass is 19.1. The Morgan fingerprint density at radius 3 is 2.56 bits per heavy atom. The molecular weight excluding hydrogens is 233 g/mol. The van der Waals surface area contributed by atoms with Gasteiger partial charge in [0.05, 0.1) is 10.9 Å². The zero-order valence-electron chi connectivity index (χ0n) is 9.26. The minimum absolute atomic E-state index is 0.00296. The molecule has 0 saturated carbocycles. The SMILES string of the molecule is O=c1nc(-c2ccccc2F)oc2ccccc12. The second-order valence-electron chi connectivity index (χ2n) is 3.80. The lowest BCUT2D eigenvalue weighted by atomic mass is 10.2. The summed E-state index contributed by atoms with van der Waals surface area (Å²) in [5.41, 5.74) is 0.159. The monoisotopic (exact) mass is 241 g/mol. The minimum atomic E-state index is -0.469. The lowest BCUT2D eigenvalue weighted by Crippen LogP contribution is -2.07. The van der Waals surface area contributed by atoms with Crippen molar-refractivity contribution >= 4 is 11.0 Å². The Kier molecular flexibility index (Phi) is 2.41. The highest BCUT2D eigenvalue weighted by Crippen LogP contribution is 2.22. The molecule has 0 fully saturated rings. The molecule has 2 aromatic carbocycles. The zero-order valence-corrected chi connectivity index (χ0v) is 9.26. The second kappa shape index (κ2) is 4.07. The number of halogens is 1. The second-order valence-corrected chi connectivity index (χ2v) is 3.80. The third-order valence-electron chi connectivity index (χ3n) is 2.63. The standard InChI is InChI=1S/C14H8FNO2/c15-11-7-3-1-5-9(11)14-16-13(17)10-6-2-4-8-12(10)18-14/h1-8H. The smallest absolute Gasteiger partial charge is 0.284 e. The first-order chi connectivity index (χ1) is 8.75. The molecular formula is C14H8FNO2. The number of fused-ring (bicyclic) bond motifs is 1. The Labute approximate surface area is 102 Å². The molecule has 0 bridgehead atoms. The topological polar surface area (TPSA) is 43.1 Å². The van der Waals surface area contributed by atoms with Crippen molar-refractivity contribution in [1.82, 2.24) is 4.98 Å². The lowest BCUT2D eigenvalue weighted by molar-refractivity contribution is 0.576. The maximum absolute atomic E-state index is 13.6. The van der Waals surface area contributed by atoms with Gasteiger partial charge < -0.3 is 4.42 Å². The van der Waals surface area contributed by atoms with E-state index in [0.717, 1.165) is 0 Å². The third kappa shape index (κ3) is 1.68. The molecule has 0 unspecified atom stereocenters. The highest BCUT2D eigenvalue weighted by Gasteiger charge is 2.11. The number of aromatic nitrogens is 1. The molecule has 0 aliphatic rings. The average molecular weight is 241 g/mol. The number of hydrogen-bond acceptors (Lipinski definition) is 3. The van der Waals surface area contributed by atoms with Crippen molar-refractivity contribution in [2.24, 2.45) is 0 Å². The van der Waals surface area contributed by atoms with Gasteiger partial charge in [-0.15, -0.1) is 0 Å². The van der Waals surface area contributed by atoms with Crippen molar-refractivity contribution < 1.29 is 8.81 Å². The number of benzene rings is 2. The van der Waals surface area contributed by atoms with E-state index in [0.29, 0.717) is 11.0 Å². The van der Waals surface area contributed by atoms with Gasteiger partial charge >= 0.3 is 0 Å². The summed E-state index contributed by atoms with van der Waals surface area (Å²) in [6.07, 6.45) is 0. The summed E-state index contributed by atoms with van der Waals surface area (Å²) < 4.78 is 19.1. The molecule has 0 saturated heterocycles. The van der Waals surface area contributed by atoms with E-state index < -0.39 is 11.4 Å². The van der Waals surface area contributed by atoms with Crippen molar-refractivity contribution in [3.05, 3.63) is 64.7 Å². The molecule has 88 valence electrons. The van der Waals surface area contributed by atoms with Gasteiger partial charge in [-0.2, -0.15) is 4.98 Å². The van der Waals surface area contributed by atoms with Crippen LogP contribution >= 0.6 is 0 Å². The van der Waals surface area contributed by atoms with Crippen LogP contribution in [0.2, 0.25) is 0 Å². The first-order valence-electron chi connectivity index (χ1n) is 5.40. The van der Waals surface area contributed by atoms with Gasteiger partial charge in [0, 0.05) is 0 Å². The van der Waals surface area contributed by atoms with E-state index in [1.54, 1.807) is 36.4 Å². The van der Waals surface area contributed by atoms with Crippen LogP contribution in [0.1, 0.15) is 0 Å². The lowest BCUT2D eigenvalue weighted by Gasteiger charge is -2.02. The quantitative estimate of drug-likeness (QED) is 0.657. The molecule has 3 nitrogen and oxygen atoms in total. The highest BCUT2D eigenvalue weighted by molar-refractivity contribution is 5.76. The summed E-state index contributed by atoms with van der Waals surface area (Å²) in [6.45, 7) is 0. The van der Waals surface area contributed by atoms with E-state index in [9.17, 15) is 9.18 Å². The van der Waals surface area contributed by atoms with Crippen LogP contribution in [0.25, 0.3) is 22.4 Å². The van der Waals surface area contributed by atoms with E-state index in [1.165, 1.54) is 12.1 Å². The van der Waals surface area contributed by atoms with E-state index in [2.05, 4.69) is 4.98 Å². The van der Waals surface area contributed by atoms with Crippen LogP contribution in [0, 0.1) is 5.82 Å². The third-order valence-corrected chi connectivity index (χ3v) is 2.63. The maximum atomic E-state index is 13.6. The van der Waals surface area contributed by atoms with Crippen molar-refractivity contribution in [3.8, 4) is 11.5 Å². The molecule has 0 spiro atoms. The van der Waals surface area contributed by atoms with Crippen LogP contribution in [0.5, 0.6) is 0 Å². The molecule has 1 heterocycles. The van der Waals surface area contributed by atoms with Crippen molar-refractivity contribution in [2.45, 2.75) is 0 Å². The van der Waals surface area contributed by atoms with Gasteiger partial charge in [0.1, 0.15) is 11.4 Å². The molecule has 0 aliphatic carbocycles. The molecule has 0 atom stereocenters. The van der Waals surface area contributed by atoms with E-state index in [4.69, 9.17) is 4.42 Å². The average Bonchev–Trinajstić information content (AvgIpc) is 2.39. The number of rotatable bonds is 1. The van der Waals surface area contributed by atoms with Crippen LogP contribution in [0.4, 0.5) is 4.39 Å². The normalized spacial score (nSPS) is 10.7. The Balaban J connectivity index is 2.32. The minimum Gasteiger partial charge on any atom is -0.437 e. The molecule has 3 rings (SSSR count). The van der Waals surface area contributed by atoms with Gasteiger partial charge in [0.2, 0.25) is 5.89 Å². The summed E-state index contributed by atoms with van der Waals surface area (Å²) in [5, 5.41) is 0.387. The summed E-state index contributed by atoms with van der Waals surface area (Å²) in [7, 11) is 0. The molecule has 18 heavy (non-hydrogen) atoms. The first kappa shape index (κ1) is 10.7. The molecule has 0 amide bonds. The Morgan fingerprint density at radius 2 is 1.72 bits per heavy atom. The van der Waals surface area contributed by atoms with Crippen molar-refractivity contribution in [2.75, 3.05) is 0 Å². The number of para-hydroxylation sites is 1. The molecule has 0 N–H and O–H groups in total. The van der Waals surface area contributed by atoms with Crippen LogP contribution < -0.4 is 5.56 Å². The predicted octanol–water partition coefficient (Wildman–Crippen LogP) is 2.99. The van der Waals surface area contributed by atoms with Gasteiger partial charge in [0.25, 0.3) is 5.56 Å². The van der Waals surface area contributed by atoms with E-state index in [-0.39, 0.29) is 11.5 Å². The number of nitrogens with zero attached hydrogens (tertiary/aromatic N) is 1. The van der Waals surface area contributed by atoms with Gasteiger partial charge in [-0.25, -0.2) is 4.39 Å². The zero-order chi connectivity index (χ0) is 12.5. The van der Waals surface area contributed by atoms with Gasteiger partial charge in [-0.05, 0) is 24.3 Å². The molecule has 4 heteroatoms. The van der Waals surface area contributed by atoms with Gasteiger partial charge in [-0.1, -0.05) is 24.3 Å². The largest absolute Gasteiger partial charge is 0.437 e. The van der Waals surface area contributed by atoms with Crippen LogP contribution in [-0.4, -0.2) is 4.98 Å². The number of hydrogen-bond donors (Lipinski definition) is 0. The Hall–Kier alpha value is -2.49. The van der Waals surface area contributed by atoms with Gasteiger partial charge in [-0.3, -0.25) is 4.79 Å². The first-order valence-corrected chi connectivity index (χ1v) is 5.40. The van der Waals surface area contributed by atoms with E-state index in [1.807, 2.05) is 0 Å². The molecule has 0 aliphatic heterocycles. The Morgan fingerprint density at radius 1 is 1.00 bits per heavy atom. The maximum Gasteiger partial charge on any atom is 0.284 e. The van der Waals surface area contributed by atoms with Crippen LogP contribution in [0.3, 0.4) is 0 Å².